The van der Waals surface area contributed by atoms with E-state index in [0.29, 0.717) is 32.5 Å². The van der Waals surface area contributed by atoms with E-state index < -0.39 is 21.7 Å². The van der Waals surface area contributed by atoms with Crippen LogP contribution in [0.15, 0.2) is 41.6 Å². The molecule has 0 radical (unpaired) electrons. The second-order valence-electron chi connectivity index (χ2n) is 8.34. The summed E-state index contributed by atoms with van der Waals surface area (Å²) in [4.78, 5) is 18.5. The molecule has 0 bridgehead atoms. The molecule has 2 heterocycles. The van der Waals surface area contributed by atoms with Gasteiger partial charge >= 0.3 is 6.09 Å². The maximum absolute atomic E-state index is 13.4. The molecule has 0 spiro atoms. The molecule has 1 aromatic heterocycles. The van der Waals surface area contributed by atoms with Gasteiger partial charge in [0.2, 0.25) is 10.0 Å². The number of ether oxygens (including phenoxy) is 1. The van der Waals surface area contributed by atoms with Crippen molar-refractivity contribution in [3.05, 3.63) is 36.7 Å². The van der Waals surface area contributed by atoms with Gasteiger partial charge in [-0.05, 0) is 57.2 Å². The van der Waals surface area contributed by atoms with Crippen molar-refractivity contribution in [2.75, 3.05) is 19.6 Å². The third kappa shape index (κ3) is 4.87. The quantitative estimate of drug-likeness (QED) is 0.759. The Bertz CT molecular complexity index is 985. The van der Waals surface area contributed by atoms with Gasteiger partial charge in [0.1, 0.15) is 5.60 Å². The third-order valence-electron chi connectivity index (χ3n) is 4.99. The van der Waals surface area contributed by atoms with Crippen LogP contribution in [0.1, 0.15) is 40.5 Å². The van der Waals surface area contributed by atoms with Crippen LogP contribution in [0.4, 0.5) is 4.79 Å². The molecule has 0 N–H and O–H groups in total. The van der Waals surface area contributed by atoms with Gasteiger partial charge in [-0.2, -0.15) is 4.31 Å². The molecule has 1 aliphatic heterocycles. The zero-order valence-corrected chi connectivity index (χ0v) is 18.3. The van der Waals surface area contributed by atoms with Crippen LogP contribution in [0.5, 0.6) is 0 Å². The predicted molar refractivity (Wildman–Crippen MR) is 112 cm³/mol. The molecule has 8 heteroatoms. The molecule has 29 heavy (non-hydrogen) atoms. The second-order valence-corrected chi connectivity index (χ2v) is 10.2. The highest BCUT2D eigenvalue weighted by atomic mass is 32.2. The van der Waals surface area contributed by atoms with Crippen LogP contribution in [0.25, 0.3) is 10.8 Å². The molecule has 1 aliphatic rings. The van der Waals surface area contributed by atoms with Gasteiger partial charge < -0.3 is 9.64 Å². The topological polar surface area (TPSA) is 79.8 Å². The Balaban J connectivity index is 1.87. The minimum absolute atomic E-state index is 0.264. The summed E-state index contributed by atoms with van der Waals surface area (Å²) >= 11 is 0. The molecule has 0 aliphatic carbocycles. The number of carbonyl (C=O) groups excluding carboxylic acids is 1. The van der Waals surface area contributed by atoms with Crippen LogP contribution in [0.3, 0.4) is 0 Å². The van der Waals surface area contributed by atoms with E-state index in [-0.39, 0.29) is 10.9 Å². The van der Waals surface area contributed by atoms with Crippen LogP contribution in [-0.4, -0.2) is 60.0 Å². The molecular formula is C21H29N3O4S. The molecule has 3 rings (SSSR count). The molecule has 1 amide bonds. The number of fused-ring (bicyclic) bond motifs is 1. The Morgan fingerprint density at radius 1 is 1.21 bits per heavy atom. The van der Waals surface area contributed by atoms with E-state index in [9.17, 15) is 13.2 Å². The van der Waals surface area contributed by atoms with Crippen LogP contribution < -0.4 is 0 Å². The van der Waals surface area contributed by atoms with Crippen molar-refractivity contribution in [3.8, 4) is 0 Å². The number of hydrogen-bond acceptors (Lipinski definition) is 5. The molecule has 7 nitrogen and oxygen atoms in total. The van der Waals surface area contributed by atoms with Crippen LogP contribution in [0, 0.1) is 0 Å². The Labute approximate surface area is 172 Å². The van der Waals surface area contributed by atoms with E-state index in [2.05, 4.69) is 4.98 Å². The third-order valence-corrected chi connectivity index (χ3v) is 6.93. The minimum atomic E-state index is -3.69. The zero-order valence-electron chi connectivity index (χ0n) is 17.5. The number of nitrogens with zero attached hydrogens (tertiary/aromatic N) is 3. The first-order valence-electron chi connectivity index (χ1n) is 9.95. The Kier molecular flexibility index (Phi) is 6.14. The molecular weight excluding hydrogens is 390 g/mol. The normalized spacial score (nSPS) is 19.2. The number of rotatable bonds is 3. The maximum atomic E-state index is 13.4. The van der Waals surface area contributed by atoms with Crippen molar-refractivity contribution in [1.82, 2.24) is 14.2 Å². The van der Waals surface area contributed by atoms with Gasteiger partial charge in [-0.3, -0.25) is 4.98 Å². The zero-order chi connectivity index (χ0) is 21.2. The number of sulfonamides is 1. The van der Waals surface area contributed by atoms with Crippen LogP contribution in [0.2, 0.25) is 0 Å². The van der Waals surface area contributed by atoms with Gasteiger partial charge in [0.05, 0.1) is 4.90 Å². The number of aromatic nitrogens is 1. The molecule has 2 aromatic rings. The standard InChI is InChI=1S/C21H29N3O4S/c1-5-18-15-23(20(25)28-21(2,3)4)11-6-12-24(18)29(26,27)19-8-7-17-14-22-10-9-16(17)13-19/h7-10,13-14,18H,5-6,11-12,15H2,1-4H3. The summed E-state index contributed by atoms with van der Waals surface area (Å²) in [6.07, 6.45) is 4.14. The fourth-order valence-corrected chi connectivity index (χ4v) is 5.30. The summed E-state index contributed by atoms with van der Waals surface area (Å²) in [6, 6.07) is 6.60. The first kappa shape index (κ1) is 21.5. The molecule has 1 unspecified atom stereocenters. The van der Waals surface area contributed by atoms with Gasteiger partial charge in [0, 0.05) is 43.5 Å². The van der Waals surface area contributed by atoms with E-state index in [1.807, 2.05) is 27.7 Å². The summed E-state index contributed by atoms with van der Waals surface area (Å²) in [7, 11) is -3.69. The lowest BCUT2D eigenvalue weighted by Crippen LogP contribution is -2.46. The highest BCUT2D eigenvalue weighted by Crippen LogP contribution is 2.26. The van der Waals surface area contributed by atoms with Crippen LogP contribution in [-0.2, 0) is 14.8 Å². The van der Waals surface area contributed by atoms with Gasteiger partial charge in [-0.15, -0.1) is 0 Å². The van der Waals surface area contributed by atoms with Gasteiger partial charge in [-0.1, -0.05) is 13.0 Å². The number of amides is 1. The number of carbonyl (C=O) groups is 1. The first-order chi connectivity index (χ1) is 13.6. The molecule has 1 aromatic carbocycles. The van der Waals surface area contributed by atoms with Crippen LogP contribution >= 0.6 is 0 Å². The van der Waals surface area contributed by atoms with E-state index >= 15 is 0 Å². The summed E-state index contributed by atoms with van der Waals surface area (Å²) in [5, 5.41) is 1.73. The molecule has 1 fully saturated rings. The number of benzene rings is 1. The van der Waals surface area contributed by atoms with Gasteiger partial charge in [-0.25, -0.2) is 13.2 Å². The van der Waals surface area contributed by atoms with E-state index in [4.69, 9.17) is 4.74 Å². The van der Waals surface area contributed by atoms with Gasteiger partial charge in [0.15, 0.2) is 0 Å². The average molecular weight is 420 g/mol. The fraction of sp³-hybridized carbons (Fsp3) is 0.524. The first-order valence-corrected chi connectivity index (χ1v) is 11.4. The monoisotopic (exact) mass is 419 g/mol. The molecule has 1 atom stereocenters. The smallest absolute Gasteiger partial charge is 0.410 e. The lowest BCUT2D eigenvalue weighted by atomic mass is 10.2. The molecule has 1 saturated heterocycles. The summed E-state index contributed by atoms with van der Waals surface area (Å²) in [5.74, 6) is 0. The highest BCUT2D eigenvalue weighted by molar-refractivity contribution is 7.89. The number of pyridine rings is 1. The van der Waals surface area contributed by atoms with E-state index in [1.54, 1.807) is 45.9 Å². The largest absolute Gasteiger partial charge is 0.444 e. The van der Waals surface area contributed by atoms with E-state index in [0.717, 1.165) is 10.8 Å². The Morgan fingerprint density at radius 2 is 1.97 bits per heavy atom. The van der Waals surface area contributed by atoms with Gasteiger partial charge in [0.25, 0.3) is 0 Å². The lowest BCUT2D eigenvalue weighted by molar-refractivity contribution is 0.0240. The maximum Gasteiger partial charge on any atom is 0.410 e. The van der Waals surface area contributed by atoms with Crippen molar-refractivity contribution in [3.63, 3.8) is 0 Å². The molecule has 0 saturated carbocycles. The Hall–Kier alpha value is -2.19. The lowest BCUT2D eigenvalue weighted by Gasteiger charge is -2.31. The van der Waals surface area contributed by atoms with Crippen molar-refractivity contribution in [2.24, 2.45) is 0 Å². The van der Waals surface area contributed by atoms with Crippen molar-refractivity contribution in [2.45, 2.75) is 57.1 Å². The minimum Gasteiger partial charge on any atom is -0.444 e. The predicted octanol–water partition coefficient (Wildman–Crippen LogP) is 3.64. The van der Waals surface area contributed by atoms with Crippen molar-refractivity contribution < 1.29 is 17.9 Å². The summed E-state index contributed by atoms with van der Waals surface area (Å²) in [5.41, 5.74) is -0.586. The van der Waals surface area contributed by atoms with Crippen molar-refractivity contribution >= 4 is 26.9 Å². The molecule has 158 valence electrons. The summed E-state index contributed by atoms with van der Waals surface area (Å²) < 4.78 is 33.9. The SMILES string of the molecule is CCC1CN(C(=O)OC(C)(C)C)CCCN1S(=O)(=O)c1ccc2cnccc2c1. The fourth-order valence-electron chi connectivity index (χ4n) is 3.54. The average Bonchev–Trinajstić information content (AvgIpc) is 2.89. The van der Waals surface area contributed by atoms with Crippen molar-refractivity contribution in [1.29, 1.82) is 0 Å². The summed E-state index contributed by atoms with van der Waals surface area (Å²) in [6.45, 7) is 8.58. The Morgan fingerprint density at radius 3 is 2.66 bits per heavy atom. The second kappa shape index (κ2) is 8.28. The highest BCUT2D eigenvalue weighted by Gasteiger charge is 2.35. The number of hydrogen-bond donors (Lipinski definition) is 0. The van der Waals surface area contributed by atoms with E-state index in [1.165, 1.54) is 0 Å².